The second-order valence-electron chi connectivity index (χ2n) is 4.05. The van der Waals surface area contributed by atoms with Gasteiger partial charge in [-0.05, 0) is 23.6 Å². The van der Waals surface area contributed by atoms with Gasteiger partial charge in [-0.25, -0.2) is 0 Å². The third-order valence-corrected chi connectivity index (χ3v) is 2.29. The van der Waals surface area contributed by atoms with Crippen molar-refractivity contribution in [2.75, 3.05) is 6.61 Å². The topological polar surface area (TPSA) is 53.2 Å². The molecule has 86 valence electrons. The molecule has 1 aromatic rings. The number of ether oxygens (including phenoxy) is 1. The summed E-state index contributed by atoms with van der Waals surface area (Å²) in [5.74, 6) is 1.19. The normalized spacial score (nSPS) is 12.2. The maximum Gasteiger partial charge on any atom is 0.119 e. The first-order valence-electron chi connectivity index (χ1n) is 5.41. The molecule has 0 saturated heterocycles. The fourth-order valence-corrected chi connectivity index (χ4v) is 1.32. The molecule has 0 spiro atoms. The monoisotopic (exact) mass is 219 g/mol. The smallest absolute Gasteiger partial charge is 0.119 e. The Labute approximate surface area is 96.3 Å². The lowest BCUT2D eigenvalue weighted by Gasteiger charge is -2.11. The highest BCUT2D eigenvalue weighted by atomic mass is 16.5. The van der Waals surface area contributed by atoms with Gasteiger partial charge in [0.15, 0.2) is 0 Å². The van der Waals surface area contributed by atoms with Gasteiger partial charge in [-0.2, -0.15) is 5.26 Å². The van der Waals surface area contributed by atoms with E-state index in [1.54, 1.807) is 0 Å². The van der Waals surface area contributed by atoms with Crippen LogP contribution in [0.3, 0.4) is 0 Å². The van der Waals surface area contributed by atoms with Crippen molar-refractivity contribution in [3.63, 3.8) is 0 Å². The van der Waals surface area contributed by atoms with Crippen LogP contribution in [-0.2, 0) is 0 Å². The summed E-state index contributed by atoms with van der Waals surface area (Å²) in [6, 6.07) is 9.69. The van der Waals surface area contributed by atoms with E-state index in [-0.39, 0.29) is 13.0 Å². The summed E-state index contributed by atoms with van der Waals surface area (Å²) in [6.45, 7) is 4.39. The fraction of sp³-hybridized carbons (Fsp3) is 0.462. The lowest BCUT2D eigenvalue weighted by molar-refractivity contribution is 0.111. The van der Waals surface area contributed by atoms with Crippen molar-refractivity contribution in [1.29, 1.82) is 5.26 Å². The molecule has 1 rings (SSSR count). The molecule has 1 unspecified atom stereocenters. The zero-order chi connectivity index (χ0) is 12.0. The van der Waals surface area contributed by atoms with E-state index >= 15 is 0 Å². The van der Waals surface area contributed by atoms with E-state index in [0.29, 0.717) is 5.92 Å². The average Bonchev–Trinajstić information content (AvgIpc) is 2.27. The molecule has 3 heteroatoms. The summed E-state index contributed by atoms with van der Waals surface area (Å²) in [6.07, 6.45) is -0.614. The van der Waals surface area contributed by atoms with Crippen molar-refractivity contribution < 1.29 is 9.84 Å². The molecular weight excluding hydrogens is 202 g/mol. The van der Waals surface area contributed by atoms with Gasteiger partial charge in [-0.1, -0.05) is 26.0 Å². The molecule has 0 aliphatic heterocycles. The van der Waals surface area contributed by atoms with Crippen molar-refractivity contribution in [1.82, 2.24) is 0 Å². The molecule has 0 aliphatic rings. The van der Waals surface area contributed by atoms with Crippen molar-refractivity contribution in [2.45, 2.75) is 32.3 Å². The zero-order valence-corrected chi connectivity index (χ0v) is 9.68. The first-order valence-corrected chi connectivity index (χ1v) is 5.41. The summed E-state index contributed by atoms with van der Waals surface area (Å²) in [4.78, 5) is 0. The highest BCUT2D eigenvalue weighted by Crippen LogP contribution is 2.20. The molecule has 0 fully saturated rings. The maximum absolute atomic E-state index is 9.34. The van der Waals surface area contributed by atoms with E-state index in [1.165, 1.54) is 5.56 Å². The minimum Gasteiger partial charge on any atom is -0.491 e. The molecule has 0 bridgehead atoms. The predicted octanol–water partition coefficient (Wildman–Crippen LogP) is 2.46. The van der Waals surface area contributed by atoms with Crippen molar-refractivity contribution in [3.8, 4) is 11.8 Å². The van der Waals surface area contributed by atoms with Gasteiger partial charge < -0.3 is 9.84 Å². The molecule has 1 atom stereocenters. The SMILES string of the molecule is CC(C)c1cccc(OCC(O)CC#N)c1. The Kier molecular flexibility index (Phi) is 4.81. The van der Waals surface area contributed by atoms with Crippen LogP contribution < -0.4 is 4.74 Å². The van der Waals surface area contributed by atoms with Crippen LogP contribution in [0.25, 0.3) is 0 Å². The quantitative estimate of drug-likeness (QED) is 0.827. The molecule has 0 saturated carbocycles. The van der Waals surface area contributed by atoms with Gasteiger partial charge in [0.05, 0.1) is 12.5 Å². The van der Waals surface area contributed by atoms with Crippen molar-refractivity contribution in [2.24, 2.45) is 0 Å². The Balaban J connectivity index is 2.54. The van der Waals surface area contributed by atoms with Gasteiger partial charge in [-0.15, -0.1) is 0 Å². The molecule has 0 heterocycles. The number of nitrogens with zero attached hydrogens (tertiary/aromatic N) is 1. The van der Waals surface area contributed by atoms with Gasteiger partial charge in [0, 0.05) is 0 Å². The largest absolute Gasteiger partial charge is 0.491 e. The molecule has 0 radical (unpaired) electrons. The van der Waals surface area contributed by atoms with Crippen LogP contribution in [0.5, 0.6) is 5.75 Å². The summed E-state index contributed by atoms with van der Waals surface area (Å²) in [7, 11) is 0. The van der Waals surface area contributed by atoms with Crippen LogP contribution >= 0.6 is 0 Å². The highest BCUT2D eigenvalue weighted by molar-refractivity contribution is 5.30. The third-order valence-electron chi connectivity index (χ3n) is 2.29. The highest BCUT2D eigenvalue weighted by Gasteiger charge is 2.05. The summed E-state index contributed by atoms with van der Waals surface area (Å²) >= 11 is 0. The molecular formula is C13H17NO2. The lowest BCUT2D eigenvalue weighted by atomic mass is 10.0. The number of hydrogen-bond acceptors (Lipinski definition) is 3. The molecule has 1 aromatic carbocycles. The van der Waals surface area contributed by atoms with E-state index < -0.39 is 6.10 Å². The Morgan fingerprint density at radius 3 is 2.81 bits per heavy atom. The Morgan fingerprint density at radius 2 is 2.19 bits per heavy atom. The lowest BCUT2D eigenvalue weighted by Crippen LogP contribution is -2.16. The van der Waals surface area contributed by atoms with E-state index in [9.17, 15) is 5.11 Å². The van der Waals surface area contributed by atoms with Crippen LogP contribution in [0, 0.1) is 11.3 Å². The van der Waals surface area contributed by atoms with Crippen molar-refractivity contribution >= 4 is 0 Å². The Bertz CT molecular complexity index is 368. The molecule has 16 heavy (non-hydrogen) atoms. The standard InChI is InChI=1S/C13H17NO2/c1-10(2)11-4-3-5-13(8-11)16-9-12(15)6-7-14/h3-5,8,10,12,15H,6,9H2,1-2H3. The Hall–Kier alpha value is -1.53. The average molecular weight is 219 g/mol. The number of aliphatic hydroxyl groups excluding tert-OH is 1. The van der Waals surface area contributed by atoms with Crippen molar-refractivity contribution in [3.05, 3.63) is 29.8 Å². The minimum atomic E-state index is -0.715. The fourth-order valence-electron chi connectivity index (χ4n) is 1.32. The van der Waals surface area contributed by atoms with Gasteiger partial charge >= 0.3 is 0 Å². The van der Waals surface area contributed by atoms with Crippen LogP contribution in [0.2, 0.25) is 0 Å². The molecule has 3 nitrogen and oxygen atoms in total. The molecule has 1 N–H and O–H groups in total. The van der Waals surface area contributed by atoms with Crippen LogP contribution in [-0.4, -0.2) is 17.8 Å². The first kappa shape index (κ1) is 12.5. The predicted molar refractivity (Wildman–Crippen MR) is 62.3 cm³/mol. The molecule has 0 amide bonds. The van der Waals surface area contributed by atoms with Crippen LogP contribution in [0.1, 0.15) is 31.7 Å². The van der Waals surface area contributed by atoms with Crippen LogP contribution in [0.15, 0.2) is 24.3 Å². The maximum atomic E-state index is 9.34. The molecule has 0 aliphatic carbocycles. The Morgan fingerprint density at radius 1 is 1.44 bits per heavy atom. The van der Waals surface area contributed by atoms with E-state index in [0.717, 1.165) is 5.75 Å². The summed E-state index contributed by atoms with van der Waals surface area (Å²) < 4.78 is 5.41. The first-order chi connectivity index (χ1) is 7.63. The number of nitriles is 1. The summed E-state index contributed by atoms with van der Waals surface area (Å²) in [5.41, 5.74) is 1.20. The van der Waals surface area contributed by atoms with Gasteiger partial charge in [0.1, 0.15) is 18.5 Å². The zero-order valence-electron chi connectivity index (χ0n) is 9.68. The second kappa shape index (κ2) is 6.14. The van der Waals surface area contributed by atoms with E-state index in [4.69, 9.17) is 10.00 Å². The number of hydrogen-bond donors (Lipinski definition) is 1. The van der Waals surface area contributed by atoms with Crippen LogP contribution in [0.4, 0.5) is 0 Å². The van der Waals surface area contributed by atoms with Gasteiger partial charge in [-0.3, -0.25) is 0 Å². The van der Waals surface area contributed by atoms with Gasteiger partial charge in [0.2, 0.25) is 0 Å². The minimum absolute atomic E-state index is 0.101. The third kappa shape index (κ3) is 3.92. The number of aliphatic hydroxyl groups is 1. The van der Waals surface area contributed by atoms with Gasteiger partial charge in [0.25, 0.3) is 0 Å². The van der Waals surface area contributed by atoms with E-state index in [2.05, 4.69) is 13.8 Å². The summed E-state index contributed by atoms with van der Waals surface area (Å²) in [5, 5.41) is 17.7. The number of rotatable bonds is 5. The van der Waals surface area contributed by atoms with E-state index in [1.807, 2.05) is 30.3 Å². The number of benzene rings is 1. The molecule has 0 aromatic heterocycles. The second-order valence-corrected chi connectivity index (χ2v) is 4.05.